The van der Waals surface area contributed by atoms with Crippen LogP contribution in [0.25, 0.3) is 0 Å². The molecule has 0 atom stereocenters. The lowest BCUT2D eigenvalue weighted by atomic mass is 10.4. The molecule has 0 aliphatic rings. The van der Waals surface area contributed by atoms with E-state index in [0.29, 0.717) is 12.5 Å². The minimum Gasteiger partial charge on any atom is -0.480 e. The summed E-state index contributed by atoms with van der Waals surface area (Å²) >= 11 is 0. The average molecular weight is 222 g/mol. The number of carboxylic acids is 1. The van der Waals surface area contributed by atoms with E-state index in [2.05, 4.69) is 15.3 Å². The summed E-state index contributed by atoms with van der Waals surface area (Å²) in [6.45, 7) is 0.273. The number of nitrogens with one attached hydrogen (secondary N) is 1. The molecule has 16 heavy (non-hydrogen) atoms. The normalized spacial score (nSPS) is 9.44. The van der Waals surface area contributed by atoms with Crippen LogP contribution in [-0.2, 0) is 9.53 Å². The highest BCUT2D eigenvalue weighted by Crippen LogP contribution is 1.97. The molecule has 0 aliphatic heterocycles. The van der Waals surface area contributed by atoms with Crippen molar-refractivity contribution in [1.29, 1.82) is 5.26 Å². The van der Waals surface area contributed by atoms with Gasteiger partial charge in [0.1, 0.15) is 18.4 Å². The number of nitriles is 1. The second-order valence-electron chi connectivity index (χ2n) is 2.75. The molecule has 0 saturated heterocycles. The molecule has 0 fully saturated rings. The van der Waals surface area contributed by atoms with Crippen LogP contribution >= 0.6 is 0 Å². The molecule has 1 heterocycles. The van der Waals surface area contributed by atoms with Gasteiger partial charge in [0.2, 0.25) is 5.95 Å². The third-order valence-corrected chi connectivity index (χ3v) is 1.53. The van der Waals surface area contributed by atoms with Gasteiger partial charge in [-0.05, 0) is 6.07 Å². The fourth-order valence-electron chi connectivity index (χ4n) is 0.901. The van der Waals surface area contributed by atoms with Gasteiger partial charge in [-0.15, -0.1) is 0 Å². The Labute approximate surface area is 91.7 Å². The van der Waals surface area contributed by atoms with E-state index in [9.17, 15) is 4.79 Å². The highest BCUT2D eigenvalue weighted by atomic mass is 16.5. The number of aliphatic carboxylic acids is 1. The van der Waals surface area contributed by atoms with Crippen LogP contribution in [0.15, 0.2) is 12.3 Å². The van der Waals surface area contributed by atoms with E-state index in [0.717, 1.165) is 0 Å². The number of carboxylic acid groups (broad SMARTS) is 1. The van der Waals surface area contributed by atoms with Gasteiger partial charge in [-0.3, -0.25) is 0 Å². The molecule has 0 saturated carbocycles. The van der Waals surface area contributed by atoms with Crippen molar-refractivity contribution in [3.8, 4) is 6.07 Å². The summed E-state index contributed by atoms with van der Waals surface area (Å²) in [4.78, 5) is 17.9. The maximum atomic E-state index is 10.1. The molecule has 7 nitrogen and oxygen atoms in total. The van der Waals surface area contributed by atoms with Gasteiger partial charge in [-0.1, -0.05) is 0 Å². The molecule has 1 aromatic heterocycles. The molecule has 7 heteroatoms. The van der Waals surface area contributed by atoms with Crippen molar-refractivity contribution in [1.82, 2.24) is 9.97 Å². The summed E-state index contributed by atoms with van der Waals surface area (Å²) in [5.74, 6) is -0.694. The van der Waals surface area contributed by atoms with Crippen LogP contribution in [0.2, 0.25) is 0 Å². The summed E-state index contributed by atoms with van der Waals surface area (Å²) in [5, 5.41) is 19.7. The van der Waals surface area contributed by atoms with Crippen molar-refractivity contribution in [3.05, 3.63) is 18.0 Å². The van der Waals surface area contributed by atoms with Crippen molar-refractivity contribution in [2.24, 2.45) is 0 Å². The second kappa shape index (κ2) is 6.31. The topological polar surface area (TPSA) is 108 Å². The van der Waals surface area contributed by atoms with E-state index >= 15 is 0 Å². The van der Waals surface area contributed by atoms with Crippen LogP contribution < -0.4 is 5.32 Å². The summed E-state index contributed by atoms with van der Waals surface area (Å²) in [6, 6.07) is 3.38. The maximum Gasteiger partial charge on any atom is 0.329 e. The van der Waals surface area contributed by atoms with E-state index in [1.54, 1.807) is 0 Å². The first-order valence-corrected chi connectivity index (χ1v) is 4.49. The zero-order valence-corrected chi connectivity index (χ0v) is 8.38. The zero-order valence-electron chi connectivity index (χ0n) is 8.38. The van der Waals surface area contributed by atoms with Crippen molar-refractivity contribution in [2.75, 3.05) is 25.1 Å². The Morgan fingerprint density at radius 2 is 2.50 bits per heavy atom. The van der Waals surface area contributed by atoms with Gasteiger partial charge < -0.3 is 15.2 Å². The fourth-order valence-corrected chi connectivity index (χ4v) is 0.901. The average Bonchev–Trinajstić information content (AvgIpc) is 2.28. The molecule has 0 unspecified atom stereocenters. The van der Waals surface area contributed by atoms with Crippen LogP contribution in [0.1, 0.15) is 5.69 Å². The van der Waals surface area contributed by atoms with E-state index in [1.807, 2.05) is 6.07 Å². The Bertz CT molecular complexity index is 402. The number of nitrogens with zero attached hydrogens (tertiary/aromatic N) is 3. The number of carbonyl (C=O) groups is 1. The number of aromatic nitrogens is 2. The highest BCUT2D eigenvalue weighted by molar-refractivity contribution is 5.67. The van der Waals surface area contributed by atoms with Gasteiger partial charge in [-0.25, -0.2) is 14.8 Å². The molecular formula is C9H10N4O3. The van der Waals surface area contributed by atoms with Gasteiger partial charge >= 0.3 is 5.97 Å². The summed E-state index contributed by atoms with van der Waals surface area (Å²) in [5.41, 5.74) is 0.268. The lowest BCUT2D eigenvalue weighted by Crippen LogP contribution is -2.15. The van der Waals surface area contributed by atoms with Crippen molar-refractivity contribution < 1.29 is 14.6 Å². The Balaban J connectivity index is 2.27. The summed E-state index contributed by atoms with van der Waals surface area (Å²) in [7, 11) is 0. The predicted molar refractivity (Wildman–Crippen MR) is 53.7 cm³/mol. The molecular weight excluding hydrogens is 212 g/mol. The molecule has 84 valence electrons. The molecule has 1 aromatic rings. The smallest absolute Gasteiger partial charge is 0.329 e. The van der Waals surface area contributed by atoms with Crippen molar-refractivity contribution in [3.63, 3.8) is 0 Å². The molecule has 0 radical (unpaired) electrons. The van der Waals surface area contributed by atoms with Gasteiger partial charge in [0.05, 0.1) is 6.61 Å². The lowest BCUT2D eigenvalue weighted by molar-refractivity contribution is -0.142. The monoisotopic (exact) mass is 222 g/mol. The van der Waals surface area contributed by atoms with Crippen LogP contribution in [-0.4, -0.2) is 40.8 Å². The minimum atomic E-state index is -1.01. The largest absolute Gasteiger partial charge is 0.480 e. The number of anilines is 1. The zero-order chi connectivity index (χ0) is 11.8. The predicted octanol–water partition coefficient (Wildman–Crippen LogP) is -0.139. The van der Waals surface area contributed by atoms with E-state index in [-0.39, 0.29) is 18.9 Å². The van der Waals surface area contributed by atoms with Crippen LogP contribution in [0.4, 0.5) is 5.95 Å². The number of hydrogen-bond acceptors (Lipinski definition) is 6. The Hall–Kier alpha value is -2.20. The lowest BCUT2D eigenvalue weighted by Gasteiger charge is -2.04. The quantitative estimate of drug-likeness (QED) is 0.645. The van der Waals surface area contributed by atoms with Crippen molar-refractivity contribution in [2.45, 2.75) is 0 Å². The Kier molecular flexibility index (Phi) is 4.69. The second-order valence-corrected chi connectivity index (χ2v) is 2.75. The van der Waals surface area contributed by atoms with Gasteiger partial charge in [-0.2, -0.15) is 5.26 Å². The Morgan fingerprint density at radius 3 is 3.19 bits per heavy atom. The van der Waals surface area contributed by atoms with Gasteiger partial charge in [0.15, 0.2) is 0 Å². The highest BCUT2D eigenvalue weighted by Gasteiger charge is 1.98. The van der Waals surface area contributed by atoms with E-state index in [1.165, 1.54) is 12.3 Å². The SMILES string of the molecule is N#Cc1ccnc(NCCOCC(=O)O)n1. The first-order chi connectivity index (χ1) is 7.72. The van der Waals surface area contributed by atoms with Gasteiger partial charge in [0.25, 0.3) is 0 Å². The first-order valence-electron chi connectivity index (χ1n) is 4.49. The van der Waals surface area contributed by atoms with E-state index in [4.69, 9.17) is 15.1 Å². The first kappa shape index (κ1) is 11.9. The molecule has 0 aromatic carbocycles. The van der Waals surface area contributed by atoms with Crippen LogP contribution in [0, 0.1) is 11.3 Å². The van der Waals surface area contributed by atoms with Crippen LogP contribution in [0.5, 0.6) is 0 Å². The Morgan fingerprint density at radius 1 is 1.69 bits per heavy atom. The molecule has 0 aliphatic carbocycles. The third kappa shape index (κ3) is 4.34. The number of ether oxygens (including phenoxy) is 1. The summed E-state index contributed by atoms with van der Waals surface area (Å²) < 4.78 is 4.79. The minimum absolute atomic E-state index is 0.229. The summed E-state index contributed by atoms with van der Waals surface area (Å²) in [6.07, 6.45) is 1.46. The van der Waals surface area contributed by atoms with Crippen LogP contribution in [0.3, 0.4) is 0 Å². The standard InChI is InChI=1S/C9H10N4O3/c10-5-7-1-2-11-9(13-7)12-3-4-16-6-8(14)15/h1-2H,3-4,6H2,(H,14,15)(H,11,12,13). The van der Waals surface area contributed by atoms with Gasteiger partial charge in [0, 0.05) is 12.7 Å². The van der Waals surface area contributed by atoms with E-state index < -0.39 is 5.97 Å². The maximum absolute atomic E-state index is 10.1. The van der Waals surface area contributed by atoms with Crippen molar-refractivity contribution >= 4 is 11.9 Å². The number of rotatable bonds is 6. The molecule has 0 bridgehead atoms. The molecule has 1 rings (SSSR count). The third-order valence-electron chi connectivity index (χ3n) is 1.53. The molecule has 0 spiro atoms. The molecule has 2 N–H and O–H groups in total. The molecule has 0 amide bonds. The fraction of sp³-hybridized carbons (Fsp3) is 0.333. The number of hydrogen-bond donors (Lipinski definition) is 2.